The summed E-state index contributed by atoms with van der Waals surface area (Å²) in [6, 6.07) is 0. The Morgan fingerprint density at radius 1 is 1.75 bits per heavy atom. The largest absolute Gasteiger partial charge is 0.478 e. The van der Waals surface area contributed by atoms with E-state index in [-0.39, 0.29) is 10.7 Å². The van der Waals surface area contributed by atoms with Gasteiger partial charge in [-0.1, -0.05) is 11.6 Å². The molecule has 1 aromatic heterocycles. The summed E-state index contributed by atoms with van der Waals surface area (Å²) in [5.41, 5.74) is 0.742. The molecule has 0 amide bonds. The van der Waals surface area contributed by atoms with E-state index in [1.54, 1.807) is 13.1 Å². The molecule has 0 saturated heterocycles. The van der Waals surface area contributed by atoms with Gasteiger partial charge in [-0.05, 0) is 35.1 Å². The number of rotatable bonds is 1. The minimum absolute atomic E-state index is 0.0421. The number of aromatic nitrogens is 1. The van der Waals surface area contributed by atoms with Gasteiger partial charge in [-0.15, -0.1) is 0 Å². The fourth-order valence-corrected chi connectivity index (χ4v) is 1.48. The van der Waals surface area contributed by atoms with Crippen molar-refractivity contribution in [3.8, 4) is 0 Å². The highest BCUT2D eigenvalue weighted by Gasteiger charge is 2.14. The highest BCUT2D eigenvalue weighted by atomic mass is 127. The van der Waals surface area contributed by atoms with Crippen LogP contribution in [0.2, 0.25) is 5.15 Å². The zero-order valence-electron chi connectivity index (χ0n) is 6.14. The average Bonchev–Trinajstić information content (AvgIpc) is 1.97. The molecule has 12 heavy (non-hydrogen) atoms. The van der Waals surface area contributed by atoms with Gasteiger partial charge < -0.3 is 5.11 Å². The van der Waals surface area contributed by atoms with Gasteiger partial charge in [-0.2, -0.15) is 0 Å². The van der Waals surface area contributed by atoms with Crippen LogP contribution in [0.4, 0.5) is 0 Å². The molecule has 0 aliphatic rings. The van der Waals surface area contributed by atoms with Gasteiger partial charge in [0.05, 0.1) is 0 Å². The predicted molar refractivity (Wildman–Crippen MR) is 53.7 cm³/mol. The van der Waals surface area contributed by atoms with Gasteiger partial charge in [0.2, 0.25) is 0 Å². The van der Waals surface area contributed by atoms with Crippen molar-refractivity contribution in [2.24, 2.45) is 0 Å². The Morgan fingerprint density at radius 3 is 2.75 bits per heavy atom. The number of hydrogen-bond donors (Lipinski definition) is 1. The second kappa shape index (κ2) is 3.57. The number of carboxylic acid groups (broad SMARTS) is 1. The lowest BCUT2D eigenvalue weighted by molar-refractivity contribution is 0.0696. The Kier molecular flexibility index (Phi) is 2.89. The van der Waals surface area contributed by atoms with Crippen LogP contribution in [0.3, 0.4) is 0 Å². The van der Waals surface area contributed by atoms with Crippen molar-refractivity contribution in [2.75, 3.05) is 0 Å². The number of nitrogens with zero attached hydrogens (tertiary/aromatic N) is 1. The maximum atomic E-state index is 10.7. The van der Waals surface area contributed by atoms with E-state index in [9.17, 15) is 4.79 Å². The summed E-state index contributed by atoms with van der Waals surface area (Å²) < 4.78 is 0.800. The van der Waals surface area contributed by atoms with Crippen LogP contribution in [0, 0.1) is 10.5 Å². The number of hydrogen-bond acceptors (Lipinski definition) is 2. The van der Waals surface area contributed by atoms with Crippen molar-refractivity contribution in [2.45, 2.75) is 6.92 Å². The molecule has 64 valence electrons. The van der Waals surface area contributed by atoms with E-state index < -0.39 is 5.97 Å². The standard InChI is InChI=1S/C7H5ClINO2/c1-3-4(9)2-10-6(8)5(3)7(11)12/h2H,1H3,(H,11,12). The lowest BCUT2D eigenvalue weighted by Crippen LogP contribution is -2.03. The fourth-order valence-electron chi connectivity index (χ4n) is 0.797. The summed E-state index contributed by atoms with van der Waals surface area (Å²) in [6.45, 7) is 1.71. The highest BCUT2D eigenvalue weighted by molar-refractivity contribution is 14.1. The molecule has 0 aliphatic heterocycles. The molecule has 0 radical (unpaired) electrons. The smallest absolute Gasteiger partial charge is 0.339 e. The summed E-state index contributed by atoms with van der Waals surface area (Å²) in [5.74, 6) is -1.04. The molecule has 1 aromatic rings. The molecular weight excluding hydrogens is 292 g/mol. The van der Waals surface area contributed by atoms with Gasteiger partial charge in [0, 0.05) is 9.77 Å². The van der Waals surface area contributed by atoms with Crippen LogP contribution in [0.1, 0.15) is 15.9 Å². The Labute approximate surface area is 87.9 Å². The number of carboxylic acids is 1. The van der Waals surface area contributed by atoms with Crippen LogP contribution in [0.5, 0.6) is 0 Å². The zero-order chi connectivity index (χ0) is 9.30. The lowest BCUT2D eigenvalue weighted by Gasteiger charge is -2.03. The van der Waals surface area contributed by atoms with E-state index >= 15 is 0 Å². The summed E-state index contributed by atoms with van der Waals surface area (Å²) in [7, 11) is 0. The van der Waals surface area contributed by atoms with Crippen LogP contribution in [-0.2, 0) is 0 Å². The molecule has 0 aliphatic carbocycles. The van der Waals surface area contributed by atoms with E-state index in [1.807, 2.05) is 22.6 Å². The topological polar surface area (TPSA) is 50.2 Å². The second-order valence-electron chi connectivity index (χ2n) is 2.20. The number of aromatic carboxylic acids is 1. The van der Waals surface area contributed by atoms with Crippen molar-refractivity contribution in [1.82, 2.24) is 4.98 Å². The zero-order valence-corrected chi connectivity index (χ0v) is 9.05. The quantitative estimate of drug-likeness (QED) is 0.639. The first kappa shape index (κ1) is 9.73. The molecular formula is C7H5ClINO2. The van der Waals surface area contributed by atoms with Gasteiger partial charge in [-0.25, -0.2) is 9.78 Å². The maximum Gasteiger partial charge on any atom is 0.339 e. The molecule has 0 saturated carbocycles. The minimum Gasteiger partial charge on any atom is -0.478 e. The van der Waals surface area contributed by atoms with E-state index in [0.29, 0.717) is 5.56 Å². The molecule has 0 unspecified atom stereocenters. The Bertz CT molecular complexity index is 340. The van der Waals surface area contributed by atoms with Crippen molar-refractivity contribution in [3.63, 3.8) is 0 Å². The van der Waals surface area contributed by atoms with Crippen molar-refractivity contribution in [3.05, 3.63) is 26.0 Å². The van der Waals surface area contributed by atoms with Crippen LogP contribution >= 0.6 is 34.2 Å². The third kappa shape index (κ3) is 1.69. The molecule has 1 N–H and O–H groups in total. The molecule has 0 bridgehead atoms. The van der Waals surface area contributed by atoms with Crippen LogP contribution in [0.15, 0.2) is 6.20 Å². The average molecular weight is 297 g/mol. The molecule has 0 aromatic carbocycles. The second-order valence-corrected chi connectivity index (χ2v) is 3.72. The van der Waals surface area contributed by atoms with Crippen LogP contribution in [-0.4, -0.2) is 16.1 Å². The predicted octanol–water partition coefficient (Wildman–Crippen LogP) is 2.35. The minimum atomic E-state index is -1.04. The van der Waals surface area contributed by atoms with Crippen LogP contribution in [0.25, 0.3) is 0 Å². The first-order valence-corrected chi connectivity index (χ1v) is 4.53. The molecule has 5 heteroatoms. The van der Waals surface area contributed by atoms with Gasteiger partial charge >= 0.3 is 5.97 Å². The molecule has 1 heterocycles. The Morgan fingerprint density at radius 2 is 2.33 bits per heavy atom. The third-order valence-corrected chi connectivity index (χ3v) is 2.82. The van der Waals surface area contributed by atoms with Crippen molar-refractivity contribution in [1.29, 1.82) is 0 Å². The van der Waals surface area contributed by atoms with Crippen LogP contribution < -0.4 is 0 Å². The van der Waals surface area contributed by atoms with Gasteiger partial charge in [-0.3, -0.25) is 0 Å². The van der Waals surface area contributed by atoms with E-state index in [1.165, 1.54) is 0 Å². The first-order valence-electron chi connectivity index (χ1n) is 3.08. The monoisotopic (exact) mass is 297 g/mol. The number of pyridine rings is 1. The molecule has 0 atom stereocenters. The molecule has 3 nitrogen and oxygen atoms in total. The van der Waals surface area contributed by atoms with E-state index in [2.05, 4.69) is 4.98 Å². The van der Waals surface area contributed by atoms with Gasteiger partial charge in [0.15, 0.2) is 0 Å². The molecule has 0 fully saturated rings. The first-order chi connectivity index (χ1) is 5.54. The number of halogens is 2. The Balaban J connectivity index is 3.43. The third-order valence-electron chi connectivity index (χ3n) is 1.44. The molecule has 0 spiro atoms. The summed E-state index contributed by atoms with van der Waals surface area (Å²) in [4.78, 5) is 14.4. The summed E-state index contributed by atoms with van der Waals surface area (Å²) >= 11 is 7.62. The lowest BCUT2D eigenvalue weighted by atomic mass is 10.2. The molecule has 1 rings (SSSR count). The Hall–Kier alpha value is -0.360. The van der Waals surface area contributed by atoms with E-state index in [0.717, 1.165) is 3.57 Å². The normalized spacial score (nSPS) is 9.92. The van der Waals surface area contributed by atoms with E-state index in [4.69, 9.17) is 16.7 Å². The number of carbonyl (C=O) groups is 1. The fraction of sp³-hybridized carbons (Fsp3) is 0.143. The maximum absolute atomic E-state index is 10.7. The highest BCUT2D eigenvalue weighted by Crippen LogP contribution is 2.21. The van der Waals surface area contributed by atoms with Gasteiger partial charge in [0.25, 0.3) is 0 Å². The summed E-state index contributed by atoms with van der Waals surface area (Å²) in [6.07, 6.45) is 1.55. The van der Waals surface area contributed by atoms with Gasteiger partial charge in [0.1, 0.15) is 10.7 Å². The van der Waals surface area contributed by atoms with Crippen molar-refractivity contribution >= 4 is 40.2 Å². The SMILES string of the molecule is Cc1c(I)cnc(Cl)c1C(=O)O. The van der Waals surface area contributed by atoms with Crippen molar-refractivity contribution < 1.29 is 9.90 Å². The summed E-state index contributed by atoms with van der Waals surface area (Å²) in [5, 5.41) is 8.79.